The van der Waals surface area contributed by atoms with Crippen LogP contribution < -0.4 is 0 Å². The molecular weight excluding hydrogens is 280 g/mol. The number of β-amino-alcohol motifs (C(OH)–C–C–N with tert-alkyl or cyclic N) is 1. The molecule has 5 nitrogen and oxygen atoms in total. The molecule has 5 heteroatoms. The van der Waals surface area contributed by atoms with Crippen LogP contribution in [0.5, 0.6) is 0 Å². The number of hydrogen-bond donors (Lipinski definition) is 1. The van der Waals surface area contributed by atoms with E-state index in [1.165, 1.54) is 0 Å². The number of rotatable bonds is 3. The summed E-state index contributed by atoms with van der Waals surface area (Å²) in [7, 11) is 0. The minimum Gasteiger partial charge on any atom is -0.387 e. The molecule has 22 heavy (non-hydrogen) atoms. The van der Waals surface area contributed by atoms with E-state index in [9.17, 15) is 9.90 Å². The summed E-state index contributed by atoms with van der Waals surface area (Å²) >= 11 is 0. The van der Waals surface area contributed by atoms with Crippen LogP contribution >= 0.6 is 0 Å². The average Bonchev–Trinajstić information content (AvgIpc) is 2.90. The fourth-order valence-electron chi connectivity index (χ4n) is 3.21. The Labute approximate surface area is 131 Å². The van der Waals surface area contributed by atoms with E-state index in [1.807, 2.05) is 31.2 Å². The van der Waals surface area contributed by atoms with E-state index in [0.717, 1.165) is 31.9 Å². The highest BCUT2D eigenvalue weighted by molar-refractivity contribution is 5.94. The smallest absolute Gasteiger partial charge is 0.253 e. The molecule has 0 bridgehead atoms. The molecule has 0 saturated carbocycles. The Bertz CT molecular complexity index is 525. The second-order valence-electron chi connectivity index (χ2n) is 6.46. The third-order valence-electron chi connectivity index (χ3n) is 4.54. The standard InChI is InChI=1S/C17H24N2O3/c1-14-2-4-15(5-3-14)16(20)19-7-6-17(21,13-19)12-18-8-10-22-11-9-18/h2-5,21H,6-13H2,1H3/t17-/m1/s1. The number of carbonyl (C=O) groups excluding carboxylic acids is 1. The van der Waals surface area contributed by atoms with E-state index >= 15 is 0 Å². The van der Waals surface area contributed by atoms with Crippen molar-refractivity contribution in [2.75, 3.05) is 45.9 Å². The normalized spacial score (nSPS) is 26.4. The summed E-state index contributed by atoms with van der Waals surface area (Å²) < 4.78 is 5.34. The maximum atomic E-state index is 12.5. The molecule has 0 spiro atoms. The number of aliphatic hydroxyl groups is 1. The first-order valence-corrected chi connectivity index (χ1v) is 7.94. The van der Waals surface area contributed by atoms with Gasteiger partial charge in [0.15, 0.2) is 0 Å². The summed E-state index contributed by atoms with van der Waals surface area (Å²) in [5.41, 5.74) is 1.04. The lowest BCUT2D eigenvalue weighted by Crippen LogP contribution is -2.49. The van der Waals surface area contributed by atoms with Gasteiger partial charge in [0.25, 0.3) is 5.91 Å². The maximum absolute atomic E-state index is 12.5. The zero-order chi connectivity index (χ0) is 15.6. The number of likely N-dealkylation sites (tertiary alicyclic amines) is 1. The van der Waals surface area contributed by atoms with Crippen molar-refractivity contribution in [3.63, 3.8) is 0 Å². The number of aryl methyl sites for hydroxylation is 1. The monoisotopic (exact) mass is 304 g/mol. The van der Waals surface area contributed by atoms with Gasteiger partial charge in [0.1, 0.15) is 0 Å². The largest absolute Gasteiger partial charge is 0.387 e. The van der Waals surface area contributed by atoms with Crippen LogP contribution in [0.25, 0.3) is 0 Å². The predicted octanol–water partition coefficient (Wildman–Crippen LogP) is 0.904. The third kappa shape index (κ3) is 3.48. The van der Waals surface area contributed by atoms with Crippen molar-refractivity contribution in [3.05, 3.63) is 35.4 Å². The fraction of sp³-hybridized carbons (Fsp3) is 0.588. The summed E-state index contributed by atoms with van der Waals surface area (Å²) in [6, 6.07) is 7.61. The zero-order valence-corrected chi connectivity index (χ0v) is 13.1. The Morgan fingerprint density at radius 1 is 1.23 bits per heavy atom. The Kier molecular flexibility index (Phi) is 4.47. The van der Waals surface area contributed by atoms with Crippen LogP contribution in [-0.4, -0.2) is 72.4 Å². The van der Waals surface area contributed by atoms with Crippen LogP contribution in [-0.2, 0) is 4.74 Å². The van der Waals surface area contributed by atoms with Crippen molar-refractivity contribution in [2.45, 2.75) is 18.9 Å². The van der Waals surface area contributed by atoms with Gasteiger partial charge in [0, 0.05) is 31.7 Å². The van der Waals surface area contributed by atoms with Crippen LogP contribution in [0.3, 0.4) is 0 Å². The molecule has 0 radical (unpaired) electrons. The predicted molar refractivity (Wildman–Crippen MR) is 83.9 cm³/mol. The third-order valence-corrected chi connectivity index (χ3v) is 4.54. The molecule has 2 fully saturated rings. The molecule has 0 unspecified atom stereocenters. The molecule has 2 saturated heterocycles. The van der Waals surface area contributed by atoms with Crippen LogP contribution in [0.2, 0.25) is 0 Å². The van der Waals surface area contributed by atoms with Gasteiger partial charge in [-0.05, 0) is 25.5 Å². The average molecular weight is 304 g/mol. The summed E-state index contributed by atoms with van der Waals surface area (Å²) in [6.07, 6.45) is 0.641. The molecule has 1 N–H and O–H groups in total. The molecule has 1 aromatic rings. The van der Waals surface area contributed by atoms with Crippen LogP contribution in [0.15, 0.2) is 24.3 Å². The van der Waals surface area contributed by atoms with Crippen molar-refractivity contribution in [2.24, 2.45) is 0 Å². The summed E-state index contributed by atoms with van der Waals surface area (Å²) in [5.74, 6) is 0.0119. The van der Waals surface area contributed by atoms with Crippen LogP contribution in [0, 0.1) is 6.92 Å². The highest BCUT2D eigenvalue weighted by Gasteiger charge is 2.39. The quantitative estimate of drug-likeness (QED) is 0.902. The van der Waals surface area contributed by atoms with E-state index in [4.69, 9.17) is 4.74 Å². The number of nitrogens with zero attached hydrogens (tertiary/aromatic N) is 2. The van der Waals surface area contributed by atoms with Gasteiger partial charge < -0.3 is 14.7 Å². The minimum absolute atomic E-state index is 0.0119. The maximum Gasteiger partial charge on any atom is 0.253 e. The second kappa shape index (κ2) is 6.36. The van der Waals surface area contributed by atoms with Gasteiger partial charge in [0.2, 0.25) is 0 Å². The topological polar surface area (TPSA) is 53.0 Å². The van der Waals surface area contributed by atoms with Gasteiger partial charge in [-0.25, -0.2) is 0 Å². The van der Waals surface area contributed by atoms with Gasteiger partial charge in [-0.15, -0.1) is 0 Å². The van der Waals surface area contributed by atoms with Crippen LogP contribution in [0.1, 0.15) is 22.3 Å². The van der Waals surface area contributed by atoms with Gasteiger partial charge in [-0.2, -0.15) is 0 Å². The Hall–Kier alpha value is -1.43. The summed E-state index contributed by atoms with van der Waals surface area (Å²) in [5, 5.41) is 10.8. The van der Waals surface area contributed by atoms with Crippen LogP contribution in [0.4, 0.5) is 0 Å². The number of ether oxygens (including phenoxy) is 1. The number of amides is 1. The second-order valence-corrected chi connectivity index (χ2v) is 6.46. The SMILES string of the molecule is Cc1ccc(C(=O)N2CC[C@@](O)(CN3CCOCC3)C2)cc1. The zero-order valence-electron chi connectivity index (χ0n) is 13.1. The number of morpholine rings is 1. The highest BCUT2D eigenvalue weighted by Crippen LogP contribution is 2.24. The molecule has 1 amide bonds. The van der Waals surface area contributed by atoms with Crippen molar-refractivity contribution in [1.29, 1.82) is 0 Å². The molecular formula is C17H24N2O3. The highest BCUT2D eigenvalue weighted by atomic mass is 16.5. The molecule has 0 aromatic heterocycles. The van der Waals surface area contributed by atoms with Gasteiger partial charge in [0.05, 0.1) is 25.4 Å². The van der Waals surface area contributed by atoms with E-state index in [2.05, 4.69) is 4.90 Å². The number of hydrogen-bond acceptors (Lipinski definition) is 4. The molecule has 2 aliphatic heterocycles. The van der Waals surface area contributed by atoms with E-state index in [1.54, 1.807) is 4.90 Å². The lowest BCUT2D eigenvalue weighted by atomic mass is 10.0. The Morgan fingerprint density at radius 2 is 1.91 bits per heavy atom. The lowest BCUT2D eigenvalue weighted by molar-refractivity contribution is -0.0257. The van der Waals surface area contributed by atoms with Gasteiger partial charge in [-0.3, -0.25) is 9.69 Å². The van der Waals surface area contributed by atoms with Crippen molar-refractivity contribution in [3.8, 4) is 0 Å². The summed E-state index contributed by atoms with van der Waals surface area (Å²) in [6.45, 7) is 6.82. The first-order valence-electron chi connectivity index (χ1n) is 7.94. The number of carbonyl (C=O) groups is 1. The first kappa shape index (κ1) is 15.5. The first-order chi connectivity index (χ1) is 10.6. The molecule has 3 rings (SSSR count). The molecule has 120 valence electrons. The Balaban J connectivity index is 1.60. The van der Waals surface area contributed by atoms with Crippen molar-refractivity contribution in [1.82, 2.24) is 9.80 Å². The molecule has 1 aromatic carbocycles. The Morgan fingerprint density at radius 3 is 2.59 bits per heavy atom. The van der Waals surface area contributed by atoms with Crippen molar-refractivity contribution >= 4 is 5.91 Å². The minimum atomic E-state index is -0.794. The van der Waals surface area contributed by atoms with E-state index < -0.39 is 5.60 Å². The molecule has 2 heterocycles. The molecule has 2 aliphatic rings. The van der Waals surface area contributed by atoms with E-state index in [0.29, 0.717) is 31.6 Å². The lowest BCUT2D eigenvalue weighted by Gasteiger charge is -2.33. The molecule has 1 atom stereocenters. The van der Waals surface area contributed by atoms with Crippen molar-refractivity contribution < 1.29 is 14.6 Å². The fourth-order valence-corrected chi connectivity index (χ4v) is 3.21. The summed E-state index contributed by atoms with van der Waals surface area (Å²) in [4.78, 5) is 16.5. The van der Waals surface area contributed by atoms with Gasteiger partial charge in [-0.1, -0.05) is 17.7 Å². The molecule has 0 aliphatic carbocycles. The van der Waals surface area contributed by atoms with Gasteiger partial charge >= 0.3 is 0 Å². The van der Waals surface area contributed by atoms with E-state index in [-0.39, 0.29) is 5.91 Å². The number of benzene rings is 1.